The number of nitrogens with zero attached hydrogens (tertiary/aromatic N) is 1. The third kappa shape index (κ3) is 6.36. The van der Waals surface area contributed by atoms with Crippen molar-refractivity contribution in [2.75, 3.05) is 20.2 Å². The van der Waals surface area contributed by atoms with Gasteiger partial charge in [-0.25, -0.2) is 0 Å². The number of rotatable bonds is 8. The lowest BCUT2D eigenvalue weighted by molar-refractivity contribution is -0.143. The molecule has 0 unspecified atom stereocenters. The van der Waals surface area contributed by atoms with Crippen molar-refractivity contribution in [2.24, 2.45) is 0 Å². The van der Waals surface area contributed by atoms with Gasteiger partial charge in [0.05, 0.1) is 13.0 Å². The second-order valence-electron chi connectivity index (χ2n) is 4.71. The molecule has 0 bridgehead atoms. The lowest BCUT2D eigenvalue weighted by Gasteiger charge is -2.16. The first-order chi connectivity index (χ1) is 9.63. The zero-order chi connectivity index (χ0) is 14.8. The zero-order valence-corrected chi connectivity index (χ0v) is 12.3. The molecule has 1 amide bonds. The van der Waals surface area contributed by atoms with E-state index >= 15 is 0 Å². The van der Waals surface area contributed by atoms with E-state index in [0.717, 1.165) is 12.8 Å². The van der Waals surface area contributed by atoms with Gasteiger partial charge in [0.25, 0.3) is 0 Å². The minimum atomic E-state index is -0.253. The molecular weight excluding hydrogens is 254 g/mol. The van der Waals surface area contributed by atoms with Crippen LogP contribution < -0.4 is 0 Å². The molecule has 1 rings (SSSR count). The summed E-state index contributed by atoms with van der Waals surface area (Å²) in [7, 11) is 1.73. The minimum Gasteiger partial charge on any atom is -0.466 e. The largest absolute Gasteiger partial charge is 0.466 e. The number of hydrogen-bond acceptors (Lipinski definition) is 3. The third-order valence-corrected chi connectivity index (χ3v) is 3.08. The first-order valence-corrected chi connectivity index (χ1v) is 7.07. The number of esters is 1. The van der Waals surface area contributed by atoms with E-state index in [4.69, 9.17) is 4.74 Å². The van der Waals surface area contributed by atoms with Crippen LogP contribution in [0, 0.1) is 0 Å². The number of aryl methyl sites for hydroxylation is 1. The predicted octanol–water partition coefficient (Wildman–Crippen LogP) is 2.42. The van der Waals surface area contributed by atoms with Crippen molar-refractivity contribution < 1.29 is 14.3 Å². The fourth-order valence-corrected chi connectivity index (χ4v) is 1.90. The van der Waals surface area contributed by atoms with Crippen molar-refractivity contribution >= 4 is 11.9 Å². The van der Waals surface area contributed by atoms with E-state index in [0.29, 0.717) is 19.6 Å². The van der Waals surface area contributed by atoms with Crippen LogP contribution in [-0.2, 0) is 20.7 Å². The van der Waals surface area contributed by atoms with E-state index in [2.05, 4.69) is 12.1 Å². The topological polar surface area (TPSA) is 46.6 Å². The fraction of sp³-hybridized carbons (Fsp3) is 0.500. The number of carbonyl (C=O) groups excluding carboxylic acids is 2. The van der Waals surface area contributed by atoms with Crippen LogP contribution in [0.15, 0.2) is 30.3 Å². The van der Waals surface area contributed by atoms with E-state index < -0.39 is 0 Å². The lowest BCUT2D eigenvalue weighted by Crippen LogP contribution is -2.29. The maximum atomic E-state index is 11.9. The number of carbonyl (C=O) groups is 2. The van der Waals surface area contributed by atoms with E-state index in [9.17, 15) is 9.59 Å². The minimum absolute atomic E-state index is 0.0743. The van der Waals surface area contributed by atoms with Crippen LogP contribution in [-0.4, -0.2) is 37.0 Å². The van der Waals surface area contributed by atoms with Gasteiger partial charge in [-0.05, 0) is 25.3 Å². The quantitative estimate of drug-likeness (QED) is 0.686. The molecule has 0 N–H and O–H groups in total. The zero-order valence-electron chi connectivity index (χ0n) is 12.3. The molecule has 20 heavy (non-hydrogen) atoms. The normalized spacial score (nSPS) is 10.1. The first kappa shape index (κ1) is 16.2. The SMILES string of the molecule is CCOC(=O)CCN(C)C(=O)CCCc1ccccc1. The van der Waals surface area contributed by atoms with Gasteiger partial charge in [0.2, 0.25) is 5.91 Å². The van der Waals surface area contributed by atoms with Crippen LogP contribution in [0.4, 0.5) is 0 Å². The Morgan fingerprint density at radius 1 is 1.15 bits per heavy atom. The molecule has 0 aromatic heterocycles. The summed E-state index contributed by atoms with van der Waals surface area (Å²) in [5, 5.41) is 0. The summed E-state index contributed by atoms with van der Waals surface area (Å²) < 4.78 is 4.83. The highest BCUT2D eigenvalue weighted by Gasteiger charge is 2.10. The van der Waals surface area contributed by atoms with Crippen molar-refractivity contribution in [2.45, 2.75) is 32.6 Å². The molecule has 0 fully saturated rings. The number of amides is 1. The molecule has 4 nitrogen and oxygen atoms in total. The summed E-state index contributed by atoms with van der Waals surface area (Å²) in [6, 6.07) is 10.1. The fourth-order valence-electron chi connectivity index (χ4n) is 1.90. The van der Waals surface area contributed by atoms with Gasteiger partial charge < -0.3 is 9.64 Å². The summed E-state index contributed by atoms with van der Waals surface area (Å²) in [5.74, 6) is -0.179. The number of ether oxygens (including phenoxy) is 1. The molecule has 1 aromatic carbocycles. The van der Waals surface area contributed by atoms with Crippen LogP contribution in [0.3, 0.4) is 0 Å². The van der Waals surface area contributed by atoms with Crippen LogP contribution in [0.2, 0.25) is 0 Å². The van der Waals surface area contributed by atoms with Crippen LogP contribution >= 0.6 is 0 Å². The highest BCUT2D eigenvalue weighted by Crippen LogP contribution is 2.06. The van der Waals surface area contributed by atoms with Crippen molar-refractivity contribution in [1.29, 1.82) is 0 Å². The van der Waals surface area contributed by atoms with E-state index in [-0.39, 0.29) is 18.3 Å². The van der Waals surface area contributed by atoms with Gasteiger partial charge in [-0.15, -0.1) is 0 Å². The standard InChI is InChI=1S/C16H23NO3/c1-3-20-16(19)12-13-17(2)15(18)11-7-10-14-8-5-4-6-9-14/h4-6,8-9H,3,7,10-13H2,1-2H3. The smallest absolute Gasteiger partial charge is 0.307 e. The van der Waals surface area contributed by atoms with Crippen molar-refractivity contribution in [3.63, 3.8) is 0 Å². The van der Waals surface area contributed by atoms with Gasteiger partial charge in [0.1, 0.15) is 0 Å². The molecule has 0 spiro atoms. The Labute approximate surface area is 120 Å². The summed E-state index contributed by atoms with van der Waals surface area (Å²) in [4.78, 5) is 24.7. The summed E-state index contributed by atoms with van der Waals surface area (Å²) in [6.45, 7) is 2.58. The first-order valence-electron chi connectivity index (χ1n) is 7.07. The molecule has 0 saturated carbocycles. The van der Waals surface area contributed by atoms with Gasteiger partial charge in [-0.2, -0.15) is 0 Å². The third-order valence-electron chi connectivity index (χ3n) is 3.08. The molecule has 110 valence electrons. The molecule has 0 aliphatic heterocycles. The Morgan fingerprint density at radius 3 is 2.50 bits per heavy atom. The predicted molar refractivity (Wildman–Crippen MR) is 78.3 cm³/mol. The maximum absolute atomic E-state index is 11.9. The Bertz CT molecular complexity index is 417. The molecule has 4 heteroatoms. The summed E-state index contributed by atoms with van der Waals surface area (Å²) >= 11 is 0. The van der Waals surface area contributed by atoms with Gasteiger partial charge >= 0.3 is 5.97 Å². The maximum Gasteiger partial charge on any atom is 0.307 e. The molecule has 0 atom stereocenters. The Hall–Kier alpha value is -1.84. The molecule has 0 heterocycles. The van der Waals surface area contributed by atoms with Gasteiger partial charge in [-0.3, -0.25) is 9.59 Å². The summed E-state index contributed by atoms with van der Waals surface area (Å²) in [5.41, 5.74) is 1.24. The highest BCUT2D eigenvalue weighted by molar-refractivity contribution is 5.77. The molecule has 1 aromatic rings. The second-order valence-corrected chi connectivity index (χ2v) is 4.71. The highest BCUT2D eigenvalue weighted by atomic mass is 16.5. The van der Waals surface area contributed by atoms with E-state index in [1.54, 1.807) is 18.9 Å². The molecule has 0 radical (unpaired) electrons. The van der Waals surface area contributed by atoms with Gasteiger partial charge in [-0.1, -0.05) is 30.3 Å². The average molecular weight is 277 g/mol. The van der Waals surface area contributed by atoms with E-state index in [1.165, 1.54) is 5.56 Å². The Balaban J connectivity index is 2.20. The average Bonchev–Trinajstić information content (AvgIpc) is 2.46. The monoisotopic (exact) mass is 277 g/mol. The molecule has 0 saturated heterocycles. The van der Waals surface area contributed by atoms with Crippen molar-refractivity contribution in [1.82, 2.24) is 4.90 Å². The van der Waals surface area contributed by atoms with Gasteiger partial charge in [0, 0.05) is 20.0 Å². The molecule has 0 aliphatic rings. The lowest BCUT2D eigenvalue weighted by atomic mass is 10.1. The van der Waals surface area contributed by atoms with Crippen molar-refractivity contribution in [3.05, 3.63) is 35.9 Å². The summed E-state index contributed by atoms with van der Waals surface area (Å²) in [6.07, 6.45) is 2.49. The Morgan fingerprint density at radius 2 is 1.85 bits per heavy atom. The van der Waals surface area contributed by atoms with E-state index in [1.807, 2.05) is 18.2 Å². The Kier molecular flexibility index (Phi) is 7.40. The second kappa shape index (κ2) is 9.13. The number of hydrogen-bond donors (Lipinski definition) is 0. The molecular formula is C16H23NO3. The van der Waals surface area contributed by atoms with Gasteiger partial charge in [0.15, 0.2) is 0 Å². The van der Waals surface area contributed by atoms with Crippen LogP contribution in [0.25, 0.3) is 0 Å². The molecule has 0 aliphatic carbocycles. The number of benzene rings is 1. The van der Waals surface area contributed by atoms with Crippen molar-refractivity contribution in [3.8, 4) is 0 Å². The van der Waals surface area contributed by atoms with Crippen LogP contribution in [0.1, 0.15) is 31.7 Å². The van der Waals surface area contributed by atoms with Crippen LogP contribution in [0.5, 0.6) is 0 Å².